The molecule has 2 atom stereocenters. The molecule has 3 rings (SSSR count). The average Bonchev–Trinajstić information content (AvgIpc) is 3.02. The molecule has 3 N–H and O–H groups in total. The molecule has 23 heavy (non-hydrogen) atoms. The predicted octanol–water partition coefficient (Wildman–Crippen LogP) is 3.18. The summed E-state index contributed by atoms with van der Waals surface area (Å²) in [5.74, 6) is -0.143. The number of carbonyl (C=O) groups is 1. The van der Waals surface area contributed by atoms with Gasteiger partial charge in [0.25, 0.3) is 0 Å². The van der Waals surface area contributed by atoms with Crippen molar-refractivity contribution in [3.63, 3.8) is 0 Å². The first-order valence-corrected chi connectivity index (χ1v) is 8.56. The van der Waals surface area contributed by atoms with Crippen LogP contribution in [-0.4, -0.2) is 12.5 Å². The molecule has 0 bridgehead atoms. The molecule has 2 aromatic carbocycles. The fraction of sp³-hybridized carbons (Fsp3) is 0.235. The molecule has 0 radical (unpaired) electrons. The van der Waals surface area contributed by atoms with Crippen LogP contribution < -0.4 is 16.2 Å². The van der Waals surface area contributed by atoms with Crippen LogP contribution in [0.4, 0.5) is 0 Å². The smallest absolute Gasteiger partial charge is 0.226 e. The molecule has 2 aromatic rings. The van der Waals surface area contributed by atoms with Gasteiger partial charge in [-0.2, -0.15) is 0 Å². The number of rotatable bonds is 4. The van der Waals surface area contributed by atoms with Crippen molar-refractivity contribution in [2.24, 2.45) is 5.92 Å². The fourth-order valence-corrected chi connectivity index (χ4v) is 3.35. The first-order chi connectivity index (χ1) is 11.1. The summed E-state index contributed by atoms with van der Waals surface area (Å²) in [6, 6.07) is 15.5. The van der Waals surface area contributed by atoms with Crippen molar-refractivity contribution in [3.8, 4) is 0 Å². The molecular weight excluding hydrogens is 378 g/mol. The minimum Gasteiger partial charge on any atom is -0.352 e. The van der Waals surface area contributed by atoms with Crippen molar-refractivity contribution in [1.82, 2.24) is 16.2 Å². The number of nitrogens with one attached hydrogen (secondary N) is 3. The van der Waals surface area contributed by atoms with Gasteiger partial charge >= 0.3 is 0 Å². The second-order valence-corrected chi connectivity index (χ2v) is 6.86. The number of amides is 1. The molecule has 1 heterocycles. The van der Waals surface area contributed by atoms with Gasteiger partial charge < -0.3 is 5.32 Å². The van der Waals surface area contributed by atoms with Crippen LogP contribution in [0.1, 0.15) is 17.2 Å². The number of carbonyl (C=O) groups excluding carboxylic acids is 1. The SMILES string of the molecule is O=C(NCc1cccc(Cl)c1)C1CNNC1c1cccc(Br)c1. The van der Waals surface area contributed by atoms with Crippen LogP contribution >= 0.6 is 27.5 Å². The summed E-state index contributed by atoms with van der Waals surface area (Å²) in [6.07, 6.45) is 0. The quantitative estimate of drug-likeness (QED) is 0.746. The summed E-state index contributed by atoms with van der Waals surface area (Å²) < 4.78 is 1.00. The van der Waals surface area contributed by atoms with Crippen LogP contribution in [0, 0.1) is 5.92 Å². The number of hydrazine groups is 1. The molecule has 0 aliphatic carbocycles. The second kappa shape index (κ2) is 7.45. The van der Waals surface area contributed by atoms with Gasteiger partial charge in [0.15, 0.2) is 0 Å². The molecule has 120 valence electrons. The highest BCUT2D eigenvalue weighted by Gasteiger charge is 2.33. The molecule has 1 amide bonds. The Labute approximate surface area is 148 Å². The molecular formula is C17H17BrClN3O. The fourth-order valence-electron chi connectivity index (χ4n) is 2.72. The van der Waals surface area contributed by atoms with E-state index in [4.69, 9.17) is 11.6 Å². The van der Waals surface area contributed by atoms with Crippen molar-refractivity contribution in [1.29, 1.82) is 0 Å². The standard InChI is InChI=1S/C17H17BrClN3O/c18-13-5-2-4-12(8-13)16-15(10-21-22-16)17(23)20-9-11-3-1-6-14(19)7-11/h1-8,15-16,21-22H,9-10H2,(H,20,23). The van der Waals surface area contributed by atoms with E-state index >= 15 is 0 Å². The van der Waals surface area contributed by atoms with Crippen molar-refractivity contribution >= 4 is 33.4 Å². The Morgan fingerprint density at radius 3 is 2.87 bits per heavy atom. The van der Waals surface area contributed by atoms with Gasteiger partial charge in [0.1, 0.15) is 0 Å². The van der Waals surface area contributed by atoms with E-state index in [1.54, 1.807) is 0 Å². The monoisotopic (exact) mass is 393 g/mol. The van der Waals surface area contributed by atoms with E-state index in [1.807, 2.05) is 48.5 Å². The van der Waals surface area contributed by atoms with Crippen LogP contribution in [0.2, 0.25) is 5.02 Å². The Morgan fingerprint density at radius 1 is 1.26 bits per heavy atom. The molecule has 1 fully saturated rings. The summed E-state index contributed by atoms with van der Waals surface area (Å²) in [6.45, 7) is 1.07. The van der Waals surface area contributed by atoms with E-state index in [2.05, 4.69) is 32.1 Å². The molecule has 1 saturated heterocycles. The molecule has 6 heteroatoms. The normalized spacial score (nSPS) is 20.4. The molecule has 1 aliphatic heterocycles. The number of halogens is 2. The van der Waals surface area contributed by atoms with E-state index in [9.17, 15) is 4.79 Å². The van der Waals surface area contributed by atoms with Crippen molar-refractivity contribution in [3.05, 3.63) is 69.2 Å². The maximum absolute atomic E-state index is 12.5. The Morgan fingerprint density at radius 2 is 2.09 bits per heavy atom. The molecule has 0 saturated carbocycles. The van der Waals surface area contributed by atoms with Crippen molar-refractivity contribution < 1.29 is 4.79 Å². The number of hydrogen-bond acceptors (Lipinski definition) is 3. The van der Waals surface area contributed by atoms with Gasteiger partial charge in [-0.05, 0) is 35.4 Å². The van der Waals surface area contributed by atoms with Gasteiger partial charge in [-0.25, -0.2) is 5.43 Å². The first-order valence-electron chi connectivity index (χ1n) is 7.39. The summed E-state index contributed by atoms with van der Waals surface area (Å²) in [5.41, 5.74) is 8.33. The Hall–Kier alpha value is -1.40. The Kier molecular flexibility index (Phi) is 5.33. The van der Waals surface area contributed by atoms with Gasteiger partial charge in [-0.3, -0.25) is 10.2 Å². The molecule has 2 unspecified atom stereocenters. The van der Waals surface area contributed by atoms with Gasteiger partial charge in [0.05, 0.1) is 12.0 Å². The van der Waals surface area contributed by atoms with Crippen LogP contribution in [0.5, 0.6) is 0 Å². The maximum atomic E-state index is 12.5. The Balaban J connectivity index is 1.66. The minimum absolute atomic E-state index is 0.0208. The zero-order valence-corrected chi connectivity index (χ0v) is 14.7. The zero-order chi connectivity index (χ0) is 16.2. The van der Waals surface area contributed by atoms with Crippen LogP contribution in [0.3, 0.4) is 0 Å². The van der Waals surface area contributed by atoms with E-state index in [1.165, 1.54) is 0 Å². The lowest BCUT2D eigenvalue weighted by atomic mass is 9.94. The summed E-state index contributed by atoms with van der Waals surface area (Å²) in [5, 5.41) is 3.67. The van der Waals surface area contributed by atoms with E-state index in [-0.39, 0.29) is 17.9 Å². The summed E-state index contributed by atoms with van der Waals surface area (Å²) in [7, 11) is 0. The predicted molar refractivity (Wildman–Crippen MR) is 94.8 cm³/mol. The van der Waals surface area contributed by atoms with Crippen LogP contribution in [-0.2, 0) is 11.3 Å². The van der Waals surface area contributed by atoms with Crippen LogP contribution in [0.15, 0.2) is 53.0 Å². The zero-order valence-electron chi connectivity index (χ0n) is 12.4. The lowest BCUT2D eigenvalue weighted by Crippen LogP contribution is -2.34. The average molecular weight is 395 g/mol. The van der Waals surface area contributed by atoms with Gasteiger partial charge in [0.2, 0.25) is 5.91 Å². The second-order valence-electron chi connectivity index (χ2n) is 5.51. The molecule has 0 aromatic heterocycles. The minimum atomic E-state index is -0.163. The topological polar surface area (TPSA) is 53.2 Å². The lowest BCUT2D eigenvalue weighted by molar-refractivity contribution is -0.125. The third-order valence-corrected chi connectivity index (χ3v) is 4.61. The highest BCUT2D eigenvalue weighted by atomic mass is 79.9. The maximum Gasteiger partial charge on any atom is 0.226 e. The molecule has 4 nitrogen and oxygen atoms in total. The third kappa shape index (κ3) is 4.12. The highest BCUT2D eigenvalue weighted by Crippen LogP contribution is 2.27. The van der Waals surface area contributed by atoms with Gasteiger partial charge in [-0.15, -0.1) is 0 Å². The van der Waals surface area contributed by atoms with Crippen molar-refractivity contribution in [2.75, 3.05) is 6.54 Å². The third-order valence-electron chi connectivity index (χ3n) is 3.88. The first kappa shape index (κ1) is 16.5. The molecule has 1 aliphatic rings. The van der Waals surface area contributed by atoms with Crippen LogP contribution in [0.25, 0.3) is 0 Å². The lowest BCUT2D eigenvalue weighted by Gasteiger charge is -2.18. The van der Waals surface area contributed by atoms with Gasteiger partial charge in [-0.1, -0.05) is 51.8 Å². The van der Waals surface area contributed by atoms with E-state index < -0.39 is 0 Å². The largest absolute Gasteiger partial charge is 0.352 e. The highest BCUT2D eigenvalue weighted by molar-refractivity contribution is 9.10. The van der Waals surface area contributed by atoms with Gasteiger partial charge in [0, 0.05) is 22.6 Å². The summed E-state index contributed by atoms with van der Waals surface area (Å²) in [4.78, 5) is 12.5. The van der Waals surface area contributed by atoms with E-state index in [0.29, 0.717) is 18.1 Å². The van der Waals surface area contributed by atoms with Crippen molar-refractivity contribution in [2.45, 2.75) is 12.6 Å². The molecule has 0 spiro atoms. The Bertz CT molecular complexity index is 710. The van der Waals surface area contributed by atoms with E-state index in [0.717, 1.165) is 15.6 Å². The summed E-state index contributed by atoms with van der Waals surface area (Å²) >= 11 is 9.44. The number of hydrogen-bond donors (Lipinski definition) is 3. The number of benzene rings is 2.